The van der Waals surface area contributed by atoms with Crippen LogP contribution in [0.3, 0.4) is 0 Å². The average molecular weight is 224 g/mol. The van der Waals surface area contributed by atoms with Crippen LogP contribution in [0.4, 0.5) is 0 Å². The molecule has 2 fully saturated rings. The molecule has 2 rings (SSSR count). The number of likely N-dealkylation sites (tertiary alicyclic amines) is 1. The van der Waals surface area contributed by atoms with E-state index in [9.17, 15) is 14.4 Å². The molecule has 0 aromatic heterocycles. The molecular weight excluding hydrogens is 208 g/mol. The summed E-state index contributed by atoms with van der Waals surface area (Å²) in [5, 5.41) is 2.60. The Morgan fingerprint density at radius 1 is 1.25 bits per heavy atom. The van der Waals surface area contributed by atoms with E-state index >= 15 is 0 Å². The van der Waals surface area contributed by atoms with Crippen molar-refractivity contribution >= 4 is 17.7 Å². The number of carbonyl (C=O) groups is 3. The molecule has 1 saturated carbocycles. The third kappa shape index (κ3) is 1.50. The SMILES string of the molecule is CNC(=O)C1CCC2C(=O)N(C)C(=O)C2C1. The van der Waals surface area contributed by atoms with Crippen LogP contribution in [0.5, 0.6) is 0 Å². The van der Waals surface area contributed by atoms with Crippen LogP contribution in [-0.4, -0.2) is 36.7 Å². The molecule has 1 heterocycles. The van der Waals surface area contributed by atoms with Crippen LogP contribution in [0.25, 0.3) is 0 Å². The number of hydrogen-bond donors (Lipinski definition) is 1. The Balaban J connectivity index is 2.13. The second-order valence-electron chi connectivity index (χ2n) is 4.57. The summed E-state index contributed by atoms with van der Waals surface area (Å²) < 4.78 is 0. The molecule has 88 valence electrons. The molecule has 1 saturated heterocycles. The smallest absolute Gasteiger partial charge is 0.232 e. The lowest BCUT2D eigenvalue weighted by molar-refractivity contribution is -0.138. The van der Waals surface area contributed by atoms with Gasteiger partial charge >= 0.3 is 0 Å². The number of nitrogens with zero attached hydrogens (tertiary/aromatic N) is 1. The highest BCUT2D eigenvalue weighted by atomic mass is 16.2. The molecule has 1 aliphatic carbocycles. The molecule has 1 N–H and O–H groups in total. The van der Waals surface area contributed by atoms with Crippen molar-refractivity contribution < 1.29 is 14.4 Å². The molecule has 3 atom stereocenters. The van der Waals surface area contributed by atoms with E-state index in [1.165, 1.54) is 11.9 Å². The number of hydrogen-bond acceptors (Lipinski definition) is 3. The Morgan fingerprint density at radius 3 is 2.50 bits per heavy atom. The van der Waals surface area contributed by atoms with Gasteiger partial charge in [0.25, 0.3) is 0 Å². The van der Waals surface area contributed by atoms with Crippen molar-refractivity contribution in [1.82, 2.24) is 10.2 Å². The maximum Gasteiger partial charge on any atom is 0.232 e. The first-order chi connectivity index (χ1) is 7.56. The maximum absolute atomic E-state index is 11.8. The lowest BCUT2D eigenvalue weighted by Crippen LogP contribution is -2.35. The number of fused-ring (bicyclic) bond motifs is 1. The van der Waals surface area contributed by atoms with E-state index in [0.717, 1.165) is 0 Å². The van der Waals surface area contributed by atoms with Crippen LogP contribution >= 0.6 is 0 Å². The van der Waals surface area contributed by atoms with Gasteiger partial charge in [-0.15, -0.1) is 0 Å². The number of nitrogens with one attached hydrogen (secondary N) is 1. The van der Waals surface area contributed by atoms with Crippen LogP contribution in [0.15, 0.2) is 0 Å². The molecule has 0 bridgehead atoms. The van der Waals surface area contributed by atoms with Gasteiger partial charge in [-0.1, -0.05) is 0 Å². The van der Waals surface area contributed by atoms with E-state index < -0.39 is 0 Å². The zero-order valence-corrected chi connectivity index (χ0v) is 9.53. The second kappa shape index (κ2) is 3.88. The van der Waals surface area contributed by atoms with Crippen LogP contribution in [0, 0.1) is 17.8 Å². The van der Waals surface area contributed by atoms with Gasteiger partial charge in [-0.25, -0.2) is 0 Å². The first kappa shape index (κ1) is 11.1. The van der Waals surface area contributed by atoms with E-state index in [2.05, 4.69) is 5.32 Å². The number of amides is 3. The fraction of sp³-hybridized carbons (Fsp3) is 0.727. The van der Waals surface area contributed by atoms with E-state index in [0.29, 0.717) is 19.3 Å². The van der Waals surface area contributed by atoms with Crippen molar-refractivity contribution in [2.45, 2.75) is 19.3 Å². The molecule has 2 aliphatic rings. The predicted octanol–water partition coefficient (Wildman–Crippen LogP) is -0.237. The molecular formula is C11H16N2O3. The standard InChI is InChI=1S/C11H16N2O3/c1-12-9(14)6-3-4-7-8(5-6)11(16)13(2)10(7)15/h6-8H,3-5H2,1-2H3,(H,12,14). The third-order valence-corrected chi connectivity index (χ3v) is 3.76. The predicted molar refractivity (Wildman–Crippen MR) is 56.2 cm³/mol. The van der Waals surface area contributed by atoms with Crippen molar-refractivity contribution in [3.05, 3.63) is 0 Å². The van der Waals surface area contributed by atoms with Crippen molar-refractivity contribution in [3.63, 3.8) is 0 Å². The topological polar surface area (TPSA) is 66.5 Å². The van der Waals surface area contributed by atoms with Gasteiger partial charge in [-0.2, -0.15) is 0 Å². The monoisotopic (exact) mass is 224 g/mol. The number of imide groups is 1. The van der Waals surface area contributed by atoms with Crippen LogP contribution < -0.4 is 5.32 Å². The van der Waals surface area contributed by atoms with Gasteiger partial charge in [0.1, 0.15) is 0 Å². The Bertz CT molecular complexity index is 353. The summed E-state index contributed by atoms with van der Waals surface area (Å²) in [6.45, 7) is 0. The highest BCUT2D eigenvalue weighted by molar-refractivity contribution is 6.05. The quantitative estimate of drug-likeness (QED) is 0.625. The second-order valence-corrected chi connectivity index (χ2v) is 4.57. The Kier molecular flexibility index (Phi) is 2.69. The molecule has 5 heteroatoms. The van der Waals surface area contributed by atoms with Gasteiger partial charge in [-0.3, -0.25) is 19.3 Å². The van der Waals surface area contributed by atoms with Crippen LogP contribution in [0.1, 0.15) is 19.3 Å². The number of carbonyl (C=O) groups excluding carboxylic acids is 3. The van der Waals surface area contributed by atoms with Crippen molar-refractivity contribution in [1.29, 1.82) is 0 Å². The highest BCUT2D eigenvalue weighted by Crippen LogP contribution is 2.40. The first-order valence-electron chi connectivity index (χ1n) is 5.59. The highest BCUT2D eigenvalue weighted by Gasteiger charge is 2.49. The number of rotatable bonds is 1. The molecule has 16 heavy (non-hydrogen) atoms. The molecule has 3 unspecified atom stereocenters. The summed E-state index contributed by atoms with van der Waals surface area (Å²) in [5.41, 5.74) is 0. The van der Waals surface area contributed by atoms with Crippen molar-refractivity contribution in [2.24, 2.45) is 17.8 Å². The fourth-order valence-electron chi connectivity index (χ4n) is 2.79. The first-order valence-corrected chi connectivity index (χ1v) is 5.59. The van der Waals surface area contributed by atoms with Crippen LogP contribution in [-0.2, 0) is 14.4 Å². The summed E-state index contributed by atoms with van der Waals surface area (Å²) >= 11 is 0. The molecule has 0 radical (unpaired) electrons. The summed E-state index contributed by atoms with van der Waals surface area (Å²) in [7, 11) is 3.13. The minimum atomic E-state index is -0.270. The Morgan fingerprint density at radius 2 is 1.88 bits per heavy atom. The van der Waals surface area contributed by atoms with Gasteiger partial charge in [0.2, 0.25) is 17.7 Å². The van der Waals surface area contributed by atoms with Gasteiger partial charge < -0.3 is 5.32 Å². The summed E-state index contributed by atoms with van der Waals surface area (Å²) in [5.74, 6) is -0.788. The molecule has 3 amide bonds. The fourth-order valence-corrected chi connectivity index (χ4v) is 2.79. The van der Waals surface area contributed by atoms with Crippen molar-refractivity contribution in [3.8, 4) is 0 Å². The largest absolute Gasteiger partial charge is 0.359 e. The molecule has 5 nitrogen and oxygen atoms in total. The zero-order chi connectivity index (χ0) is 11.9. The van der Waals surface area contributed by atoms with Gasteiger partial charge in [-0.05, 0) is 19.3 Å². The molecule has 1 aliphatic heterocycles. The van der Waals surface area contributed by atoms with Gasteiger partial charge in [0.05, 0.1) is 11.8 Å². The lowest BCUT2D eigenvalue weighted by atomic mass is 9.75. The minimum absolute atomic E-state index is 0.0201. The van der Waals surface area contributed by atoms with E-state index in [-0.39, 0.29) is 35.5 Å². The van der Waals surface area contributed by atoms with E-state index in [1.54, 1.807) is 7.05 Å². The molecule has 0 spiro atoms. The average Bonchev–Trinajstić information content (AvgIpc) is 2.53. The van der Waals surface area contributed by atoms with Gasteiger partial charge in [0, 0.05) is 20.0 Å². The van der Waals surface area contributed by atoms with E-state index in [1.807, 2.05) is 0 Å². The molecule has 0 aromatic rings. The lowest BCUT2D eigenvalue weighted by Gasteiger charge is -2.27. The Hall–Kier alpha value is -1.39. The van der Waals surface area contributed by atoms with Crippen molar-refractivity contribution in [2.75, 3.05) is 14.1 Å². The van der Waals surface area contributed by atoms with E-state index in [4.69, 9.17) is 0 Å². The Labute approximate surface area is 94.2 Å². The van der Waals surface area contributed by atoms with Crippen LogP contribution in [0.2, 0.25) is 0 Å². The summed E-state index contributed by atoms with van der Waals surface area (Å²) in [4.78, 5) is 36.2. The minimum Gasteiger partial charge on any atom is -0.359 e. The summed E-state index contributed by atoms with van der Waals surface area (Å²) in [6, 6.07) is 0. The molecule has 0 aromatic carbocycles. The zero-order valence-electron chi connectivity index (χ0n) is 9.53. The maximum atomic E-state index is 11.8. The van der Waals surface area contributed by atoms with Gasteiger partial charge in [0.15, 0.2) is 0 Å². The third-order valence-electron chi connectivity index (χ3n) is 3.76. The summed E-state index contributed by atoms with van der Waals surface area (Å²) in [6.07, 6.45) is 1.87. The normalized spacial score (nSPS) is 33.9.